The molecule has 2 N–H and O–H groups in total. The third-order valence-corrected chi connectivity index (χ3v) is 6.52. The molecule has 1 fully saturated rings. The van der Waals surface area contributed by atoms with E-state index >= 15 is 0 Å². The van der Waals surface area contributed by atoms with Crippen molar-refractivity contribution >= 4 is 33.9 Å². The second-order valence-electron chi connectivity index (χ2n) is 8.25. The quantitative estimate of drug-likeness (QED) is 0.403. The zero-order chi connectivity index (χ0) is 22.1. The Bertz CT molecular complexity index is 1060. The third kappa shape index (κ3) is 4.33. The van der Waals surface area contributed by atoms with Gasteiger partial charge in [0.1, 0.15) is 11.3 Å². The Balaban J connectivity index is 1.74. The number of thiol groups is 1. The van der Waals surface area contributed by atoms with Crippen LogP contribution in [0.5, 0.6) is 5.75 Å². The number of ether oxygens (including phenoxy) is 1. The lowest BCUT2D eigenvalue weighted by Gasteiger charge is -2.26. The van der Waals surface area contributed by atoms with Gasteiger partial charge in [0.05, 0.1) is 23.7 Å². The van der Waals surface area contributed by atoms with E-state index in [9.17, 15) is 18.3 Å². The van der Waals surface area contributed by atoms with Crippen molar-refractivity contribution < 1.29 is 23.1 Å². The predicted molar refractivity (Wildman–Crippen MR) is 120 cm³/mol. The number of carboxylic acids is 1. The van der Waals surface area contributed by atoms with Crippen LogP contribution in [0.3, 0.4) is 0 Å². The first kappa shape index (κ1) is 21.5. The van der Waals surface area contributed by atoms with Gasteiger partial charge < -0.3 is 20.1 Å². The maximum atomic E-state index is 12.4. The van der Waals surface area contributed by atoms with Crippen LogP contribution in [-0.4, -0.2) is 58.2 Å². The van der Waals surface area contributed by atoms with Gasteiger partial charge in [0.25, 0.3) is 0 Å². The van der Waals surface area contributed by atoms with E-state index in [-0.39, 0.29) is 11.3 Å². The molecule has 0 amide bonds. The molecule has 1 saturated carbocycles. The van der Waals surface area contributed by atoms with Crippen molar-refractivity contribution in [3.63, 3.8) is 0 Å². The summed E-state index contributed by atoms with van der Waals surface area (Å²) in [6, 6.07) is 10.4. The minimum absolute atomic E-state index is 0.0870. The highest BCUT2D eigenvalue weighted by Gasteiger charge is 2.45. The van der Waals surface area contributed by atoms with Gasteiger partial charge in [-0.3, -0.25) is 0 Å². The number of anilines is 3. The monoisotopic (exact) mass is 445 g/mol. The summed E-state index contributed by atoms with van der Waals surface area (Å²) in [7, 11) is 0.836. The Hall–Kier alpha value is -2.78. The number of fused-ring (bicyclic) bond motifs is 3. The van der Waals surface area contributed by atoms with Crippen LogP contribution in [-0.2, 0) is 10.9 Å². The number of carbonyl (C=O) groups is 1. The van der Waals surface area contributed by atoms with Crippen LogP contribution in [0.1, 0.15) is 34.7 Å². The normalized spacial score (nSPS) is 18.8. The van der Waals surface area contributed by atoms with E-state index in [1.165, 1.54) is 0 Å². The zero-order valence-electron chi connectivity index (χ0n) is 17.6. The Morgan fingerprint density at radius 3 is 2.68 bits per heavy atom. The number of benzene rings is 2. The molecule has 31 heavy (non-hydrogen) atoms. The van der Waals surface area contributed by atoms with E-state index in [0.717, 1.165) is 29.3 Å². The molecule has 2 aromatic carbocycles. The molecule has 1 aliphatic carbocycles. The molecule has 2 aliphatic rings. The van der Waals surface area contributed by atoms with Crippen LogP contribution in [0.25, 0.3) is 0 Å². The van der Waals surface area contributed by atoms with Gasteiger partial charge in [-0.1, -0.05) is 18.2 Å². The molecule has 9 heteroatoms. The van der Waals surface area contributed by atoms with Gasteiger partial charge in [-0.2, -0.15) is 0 Å². The average molecular weight is 446 g/mol. The SMILES string of the molecule is CN(C)CCCNc1ccccc1N(c1ccc2c(c1C(=O)O)OC[C@@H]1C[C@H]21)[SH](=O)=O. The number of hydrogen-bond acceptors (Lipinski definition) is 6. The van der Waals surface area contributed by atoms with Crippen LogP contribution >= 0.6 is 0 Å². The molecule has 166 valence electrons. The number of carboxylic acid groups (broad SMARTS) is 1. The molecule has 0 spiro atoms. The van der Waals surface area contributed by atoms with Crippen molar-refractivity contribution in [2.24, 2.45) is 5.92 Å². The summed E-state index contributed by atoms with van der Waals surface area (Å²) in [4.78, 5) is 14.3. The van der Waals surface area contributed by atoms with E-state index in [4.69, 9.17) is 4.74 Å². The molecule has 0 aromatic heterocycles. The molecule has 1 heterocycles. The highest BCUT2D eigenvalue weighted by Crippen LogP contribution is 2.56. The molecule has 0 radical (unpaired) electrons. The molecule has 2 aromatic rings. The summed E-state index contributed by atoms with van der Waals surface area (Å²) in [5.74, 6) is -0.179. The van der Waals surface area contributed by atoms with Crippen molar-refractivity contribution in [3.05, 3.63) is 47.5 Å². The first-order chi connectivity index (χ1) is 14.9. The molecule has 0 unspecified atom stereocenters. The molecule has 2 atom stereocenters. The van der Waals surface area contributed by atoms with Crippen LogP contribution in [0.15, 0.2) is 36.4 Å². The summed E-state index contributed by atoms with van der Waals surface area (Å²) in [6.45, 7) is 2.01. The van der Waals surface area contributed by atoms with Crippen molar-refractivity contribution in [3.8, 4) is 5.75 Å². The van der Waals surface area contributed by atoms with Crippen molar-refractivity contribution in [2.75, 3.05) is 43.4 Å². The Kier molecular flexibility index (Phi) is 6.06. The number of rotatable bonds is 9. The van der Waals surface area contributed by atoms with E-state index in [1.807, 2.05) is 20.2 Å². The van der Waals surface area contributed by atoms with Crippen LogP contribution < -0.4 is 14.4 Å². The summed E-state index contributed by atoms with van der Waals surface area (Å²) in [5, 5.41) is 13.3. The summed E-state index contributed by atoms with van der Waals surface area (Å²) >= 11 is 0. The standard InChI is InChI=1S/C22H27N3O5S/c1-24(2)11-5-10-23-17-6-3-4-7-18(17)25(31(28)29)19-9-8-15-16-12-14(16)13-30-21(15)20(19)22(26)27/h3-4,6-9,14,16,23,31H,5,10-13H2,1-2H3,(H,26,27)/t14-,16-/m0/s1. The highest BCUT2D eigenvalue weighted by molar-refractivity contribution is 7.74. The minimum Gasteiger partial charge on any atom is -0.492 e. The molecule has 0 bridgehead atoms. The van der Waals surface area contributed by atoms with Gasteiger partial charge in [0.2, 0.25) is 10.9 Å². The van der Waals surface area contributed by atoms with Crippen molar-refractivity contribution in [1.82, 2.24) is 4.90 Å². The van der Waals surface area contributed by atoms with Crippen molar-refractivity contribution in [1.29, 1.82) is 0 Å². The lowest BCUT2D eigenvalue weighted by Crippen LogP contribution is -2.22. The van der Waals surface area contributed by atoms with E-state index < -0.39 is 16.9 Å². The van der Waals surface area contributed by atoms with Crippen LogP contribution in [0, 0.1) is 5.92 Å². The Labute approximate surface area is 183 Å². The summed E-state index contributed by atoms with van der Waals surface area (Å²) in [5.41, 5.74) is 1.84. The van der Waals surface area contributed by atoms with Crippen LogP contribution in [0.4, 0.5) is 17.1 Å². The fourth-order valence-electron chi connectivity index (χ4n) is 4.15. The summed E-state index contributed by atoms with van der Waals surface area (Å²) < 4.78 is 31.6. The molecule has 0 saturated heterocycles. The van der Waals surface area contributed by atoms with Gasteiger partial charge in [-0.25, -0.2) is 17.5 Å². The lowest BCUT2D eigenvalue weighted by molar-refractivity contribution is 0.0692. The average Bonchev–Trinajstić information content (AvgIpc) is 3.51. The minimum atomic E-state index is -3.15. The maximum Gasteiger partial charge on any atom is 0.341 e. The van der Waals surface area contributed by atoms with Gasteiger partial charge in [-0.05, 0) is 63.2 Å². The maximum absolute atomic E-state index is 12.4. The molecular weight excluding hydrogens is 418 g/mol. The number of aromatic carboxylic acids is 1. The fraction of sp³-hybridized carbons (Fsp3) is 0.409. The second kappa shape index (κ2) is 8.76. The van der Waals surface area contributed by atoms with Crippen LogP contribution in [0.2, 0.25) is 0 Å². The largest absolute Gasteiger partial charge is 0.492 e. The Morgan fingerprint density at radius 2 is 1.97 bits per heavy atom. The van der Waals surface area contributed by atoms with Gasteiger partial charge >= 0.3 is 5.97 Å². The highest BCUT2D eigenvalue weighted by atomic mass is 32.2. The molecule has 8 nitrogen and oxygen atoms in total. The van der Waals surface area contributed by atoms with E-state index in [2.05, 4.69) is 10.2 Å². The molecule has 1 aliphatic heterocycles. The summed E-state index contributed by atoms with van der Waals surface area (Å²) in [6.07, 6.45) is 1.85. The number of hydrogen-bond donors (Lipinski definition) is 3. The first-order valence-electron chi connectivity index (χ1n) is 10.3. The molecular formula is C22H27N3O5S. The third-order valence-electron chi connectivity index (χ3n) is 5.77. The van der Waals surface area contributed by atoms with E-state index in [0.29, 0.717) is 42.1 Å². The smallest absolute Gasteiger partial charge is 0.341 e. The van der Waals surface area contributed by atoms with Gasteiger partial charge in [0, 0.05) is 12.5 Å². The topological polar surface area (TPSA) is 99.2 Å². The van der Waals surface area contributed by atoms with Crippen molar-refractivity contribution in [2.45, 2.75) is 18.8 Å². The van der Waals surface area contributed by atoms with E-state index in [1.54, 1.807) is 30.3 Å². The number of nitrogens with one attached hydrogen (secondary N) is 1. The lowest BCUT2D eigenvalue weighted by atomic mass is 10.00. The second-order valence-corrected chi connectivity index (χ2v) is 9.12. The number of nitrogens with zero attached hydrogens (tertiary/aromatic N) is 2. The fourth-order valence-corrected chi connectivity index (χ4v) is 4.85. The zero-order valence-corrected chi connectivity index (χ0v) is 18.5. The molecule has 4 rings (SSSR count). The first-order valence-corrected chi connectivity index (χ1v) is 11.5. The van der Waals surface area contributed by atoms with Gasteiger partial charge in [0.15, 0.2) is 0 Å². The Morgan fingerprint density at radius 1 is 1.19 bits per heavy atom. The van der Waals surface area contributed by atoms with Gasteiger partial charge in [-0.15, -0.1) is 0 Å². The predicted octanol–water partition coefficient (Wildman–Crippen LogP) is 2.91. The number of para-hydroxylation sites is 2.